The molecule has 0 aliphatic carbocycles. The smallest absolute Gasteiger partial charge is 0.228 e. The summed E-state index contributed by atoms with van der Waals surface area (Å²) in [5, 5.41) is 0. The Labute approximate surface area is 144 Å². The summed E-state index contributed by atoms with van der Waals surface area (Å²) in [6.45, 7) is 8.75. The molecule has 0 aromatic heterocycles. The number of aryl methyl sites for hydroxylation is 1. The van der Waals surface area contributed by atoms with E-state index in [0.717, 1.165) is 32.6 Å². The van der Waals surface area contributed by atoms with E-state index >= 15 is 0 Å². The summed E-state index contributed by atoms with van der Waals surface area (Å²) in [7, 11) is 0. The van der Waals surface area contributed by atoms with Gasteiger partial charge < -0.3 is 14.7 Å². The maximum atomic E-state index is 12.8. The van der Waals surface area contributed by atoms with Crippen LogP contribution in [-0.4, -0.2) is 60.9 Å². The highest BCUT2D eigenvalue weighted by molar-refractivity contribution is 5.89. The van der Waals surface area contributed by atoms with E-state index in [4.69, 9.17) is 0 Å². The van der Waals surface area contributed by atoms with Crippen LogP contribution in [0.25, 0.3) is 0 Å². The summed E-state index contributed by atoms with van der Waals surface area (Å²) in [6.07, 6.45) is 1.35. The van der Waals surface area contributed by atoms with E-state index in [0.29, 0.717) is 19.5 Å². The number of para-hydroxylation sites is 1. The molecule has 1 aromatic carbocycles. The Balaban J connectivity index is 1.62. The molecule has 2 saturated heterocycles. The molecule has 5 nitrogen and oxygen atoms in total. The highest BCUT2D eigenvalue weighted by atomic mass is 16.2. The molecule has 2 heterocycles. The molecular formula is C19H27N3O2. The Morgan fingerprint density at radius 1 is 1.17 bits per heavy atom. The largest absolute Gasteiger partial charge is 0.369 e. The van der Waals surface area contributed by atoms with Crippen LogP contribution in [0.4, 0.5) is 5.69 Å². The number of amides is 2. The Bertz CT molecular complexity index is 616. The van der Waals surface area contributed by atoms with Gasteiger partial charge in [0, 0.05) is 51.4 Å². The molecule has 2 fully saturated rings. The number of nitrogens with zero attached hydrogens (tertiary/aromatic N) is 3. The molecule has 1 aromatic rings. The average molecular weight is 329 g/mol. The van der Waals surface area contributed by atoms with E-state index in [1.807, 2.05) is 11.8 Å². The summed E-state index contributed by atoms with van der Waals surface area (Å²) in [6, 6.07) is 8.41. The normalized spacial score (nSPS) is 22.0. The molecule has 2 aliphatic heterocycles. The third-order valence-corrected chi connectivity index (χ3v) is 5.21. The number of hydrogen-bond donors (Lipinski definition) is 0. The first-order chi connectivity index (χ1) is 11.6. The second kappa shape index (κ2) is 7.24. The summed E-state index contributed by atoms with van der Waals surface area (Å²) in [5.41, 5.74) is 2.54. The fraction of sp³-hybridized carbons (Fsp3) is 0.579. The van der Waals surface area contributed by atoms with E-state index in [1.165, 1.54) is 11.3 Å². The first kappa shape index (κ1) is 16.8. The molecule has 2 amide bonds. The number of benzene rings is 1. The number of rotatable bonds is 3. The van der Waals surface area contributed by atoms with Crippen molar-refractivity contribution in [2.24, 2.45) is 5.92 Å². The topological polar surface area (TPSA) is 43.9 Å². The van der Waals surface area contributed by atoms with E-state index in [2.05, 4.69) is 36.1 Å². The van der Waals surface area contributed by atoms with Crippen molar-refractivity contribution >= 4 is 17.5 Å². The third-order valence-electron chi connectivity index (χ3n) is 5.21. The maximum Gasteiger partial charge on any atom is 0.228 e. The molecule has 0 N–H and O–H groups in total. The van der Waals surface area contributed by atoms with E-state index in [1.54, 1.807) is 4.90 Å². The van der Waals surface area contributed by atoms with Gasteiger partial charge in [0.2, 0.25) is 11.8 Å². The standard InChI is InChI=1S/C19H27N3O2/c1-3-20-14-16(13-18(20)23)19(24)22-10-6-9-21(11-12-22)17-8-5-4-7-15(17)2/h4-5,7-8,16H,3,6,9-14H2,1-2H3/t16-/m1/s1. The van der Waals surface area contributed by atoms with Crippen molar-refractivity contribution in [2.45, 2.75) is 26.7 Å². The first-order valence-electron chi connectivity index (χ1n) is 8.97. The lowest BCUT2D eigenvalue weighted by Crippen LogP contribution is -2.40. The molecule has 5 heteroatoms. The zero-order valence-electron chi connectivity index (χ0n) is 14.7. The predicted molar refractivity (Wildman–Crippen MR) is 95.0 cm³/mol. The molecule has 24 heavy (non-hydrogen) atoms. The molecule has 0 saturated carbocycles. The van der Waals surface area contributed by atoms with Crippen LogP contribution in [0.1, 0.15) is 25.3 Å². The predicted octanol–water partition coefficient (Wildman–Crippen LogP) is 1.90. The minimum atomic E-state index is -0.150. The van der Waals surface area contributed by atoms with Gasteiger partial charge in [-0.15, -0.1) is 0 Å². The quantitative estimate of drug-likeness (QED) is 0.851. The molecule has 0 bridgehead atoms. The van der Waals surface area contributed by atoms with Gasteiger partial charge in [-0.05, 0) is 31.9 Å². The molecule has 2 aliphatic rings. The molecule has 130 valence electrons. The lowest BCUT2D eigenvalue weighted by molar-refractivity contribution is -0.135. The van der Waals surface area contributed by atoms with Crippen molar-refractivity contribution in [1.82, 2.24) is 9.80 Å². The highest BCUT2D eigenvalue weighted by Crippen LogP contribution is 2.23. The van der Waals surface area contributed by atoms with Crippen LogP contribution in [0.3, 0.4) is 0 Å². The van der Waals surface area contributed by atoms with Gasteiger partial charge >= 0.3 is 0 Å². The van der Waals surface area contributed by atoms with Crippen LogP contribution in [0.15, 0.2) is 24.3 Å². The second-order valence-electron chi connectivity index (χ2n) is 6.79. The highest BCUT2D eigenvalue weighted by Gasteiger charge is 2.36. The Kier molecular flexibility index (Phi) is 5.07. The summed E-state index contributed by atoms with van der Waals surface area (Å²) < 4.78 is 0. The van der Waals surface area contributed by atoms with Crippen molar-refractivity contribution in [1.29, 1.82) is 0 Å². The second-order valence-corrected chi connectivity index (χ2v) is 6.79. The number of hydrogen-bond acceptors (Lipinski definition) is 3. The van der Waals surface area contributed by atoms with Gasteiger partial charge in [0.1, 0.15) is 0 Å². The maximum absolute atomic E-state index is 12.8. The van der Waals surface area contributed by atoms with Crippen LogP contribution >= 0.6 is 0 Å². The van der Waals surface area contributed by atoms with Gasteiger partial charge in [0.05, 0.1) is 5.92 Å². The van der Waals surface area contributed by atoms with Gasteiger partial charge in [-0.25, -0.2) is 0 Å². The van der Waals surface area contributed by atoms with E-state index in [9.17, 15) is 9.59 Å². The first-order valence-corrected chi connectivity index (χ1v) is 8.97. The Hall–Kier alpha value is -2.04. The molecule has 0 unspecified atom stereocenters. The fourth-order valence-electron chi connectivity index (χ4n) is 3.80. The van der Waals surface area contributed by atoms with Crippen molar-refractivity contribution in [3.63, 3.8) is 0 Å². The van der Waals surface area contributed by atoms with Crippen LogP contribution in [0.5, 0.6) is 0 Å². The zero-order chi connectivity index (χ0) is 17.1. The van der Waals surface area contributed by atoms with Gasteiger partial charge in [0.15, 0.2) is 0 Å². The Morgan fingerprint density at radius 2 is 1.96 bits per heavy atom. The molecule has 3 rings (SSSR count). The van der Waals surface area contributed by atoms with Crippen molar-refractivity contribution in [3.8, 4) is 0 Å². The molecule has 1 atom stereocenters. The average Bonchev–Trinajstić information content (AvgIpc) is 2.80. The zero-order valence-corrected chi connectivity index (χ0v) is 14.7. The van der Waals surface area contributed by atoms with E-state index < -0.39 is 0 Å². The lowest BCUT2D eigenvalue weighted by atomic mass is 10.1. The summed E-state index contributed by atoms with van der Waals surface area (Å²) in [5.74, 6) is 0.126. The minimum absolute atomic E-state index is 0.118. The SMILES string of the molecule is CCN1C[C@H](C(=O)N2CCCN(c3ccccc3C)CC2)CC1=O. The summed E-state index contributed by atoms with van der Waals surface area (Å²) in [4.78, 5) is 30.8. The van der Waals surface area contributed by atoms with E-state index in [-0.39, 0.29) is 17.7 Å². The molecule has 0 spiro atoms. The number of likely N-dealkylation sites (tertiary alicyclic amines) is 1. The van der Waals surface area contributed by atoms with Crippen molar-refractivity contribution in [2.75, 3.05) is 44.2 Å². The van der Waals surface area contributed by atoms with Crippen LogP contribution in [0, 0.1) is 12.8 Å². The minimum Gasteiger partial charge on any atom is -0.369 e. The molecule has 0 radical (unpaired) electrons. The lowest BCUT2D eigenvalue weighted by Gasteiger charge is -2.26. The van der Waals surface area contributed by atoms with Gasteiger partial charge in [-0.1, -0.05) is 18.2 Å². The van der Waals surface area contributed by atoms with Gasteiger partial charge in [0.25, 0.3) is 0 Å². The number of carbonyl (C=O) groups is 2. The van der Waals surface area contributed by atoms with Crippen LogP contribution in [0.2, 0.25) is 0 Å². The van der Waals surface area contributed by atoms with Crippen molar-refractivity contribution in [3.05, 3.63) is 29.8 Å². The number of carbonyl (C=O) groups excluding carboxylic acids is 2. The van der Waals surface area contributed by atoms with Crippen LogP contribution < -0.4 is 4.90 Å². The molecular weight excluding hydrogens is 302 g/mol. The van der Waals surface area contributed by atoms with Crippen molar-refractivity contribution < 1.29 is 9.59 Å². The monoisotopic (exact) mass is 329 g/mol. The Morgan fingerprint density at radius 3 is 2.67 bits per heavy atom. The number of anilines is 1. The fourth-order valence-corrected chi connectivity index (χ4v) is 3.80. The van der Waals surface area contributed by atoms with Gasteiger partial charge in [-0.3, -0.25) is 9.59 Å². The summed E-state index contributed by atoms with van der Waals surface area (Å²) >= 11 is 0. The van der Waals surface area contributed by atoms with Gasteiger partial charge in [-0.2, -0.15) is 0 Å². The van der Waals surface area contributed by atoms with Crippen LogP contribution in [-0.2, 0) is 9.59 Å². The third kappa shape index (κ3) is 3.40.